The SMILES string of the molecule is CC1(C)CC2(CC(C)(C)N1)OC(Cc1ccccc1)(Cc1ccccc1)N(Cc1ccccc1)C2=O. The fraction of sp³-hybridized carbons (Fsp3) is 0.406. The van der Waals surface area contributed by atoms with Crippen molar-refractivity contribution >= 4 is 5.91 Å². The maximum atomic E-state index is 14.6. The quantitative estimate of drug-likeness (QED) is 0.475. The van der Waals surface area contributed by atoms with E-state index in [2.05, 4.69) is 98.6 Å². The number of rotatable bonds is 6. The van der Waals surface area contributed by atoms with Crippen LogP contribution in [-0.4, -0.2) is 33.2 Å². The molecule has 2 saturated heterocycles. The van der Waals surface area contributed by atoms with Crippen LogP contribution in [0, 0.1) is 0 Å². The van der Waals surface area contributed by atoms with E-state index in [9.17, 15) is 4.79 Å². The molecule has 0 atom stereocenters. The third kappa shape index (κ3) is 4.98. The van der Waals surface area contributed by atoms with Crippen LogP contribution < -0.4 is 5.32 Å². The van der Waals surface area contributed by atoms with E-state index < -0.39 is 11.3 Å². The molecule has 1 N–H and O–H groups in total. The Morgan fingerprint density at radius 2 is 1.11 bits per heavy atom. The van der Waals surface area contributed by atoms with E-state index in [0.717, 1.165) is 5.56 Å². The Morgan fingerprint density at radius 3 is 1.56 bits per heavy atom. The van der Waals surface area contributed by atoms with E-state index in [4.69, 9.17) is 4.74 Å². The summed E-state index contributed by atoms with van der Waals surface area (Å²) in [5.74, 6) is 0.112. The summed E-state index contributed by atoms with van der Waals surface area (Å²) in [7, 11) is 0. The molecular weight excluding hydrogens is 444 g/mol. The van der Waals surface area contributed by atoms with Gasteiger partial charge < -0.3 is 15.0 Å². The van der Waals surface area contributed by atoms with Gasteiger partial charge in [-0.25, -0.2) is 0 Å². The van der Waals surface area contributed by atoms with Gasteiger partial charge in [0.2, 0.25) is 0 Å². The van der Waals surface area contributed by atoms with Crippen molar-refractivity contribution in [3.05, 3.63) is 108 Å². The van der Waals surface area contributed by atoms with E-state index in [-0.39, 0.29) is 17.0 Å². The summed E-state index contributed by atoms with van der Waals surface area (Å²) in [5.41, 5.74) is 1.32. The highest BCUT2D eigenvalue weighted by Gasteiger charge is 2.64. The highest BCUT2D eigenvalue weighted by Crippen LogP contribution is 2.50. The second-order valence-corrected chi connectivity index (χ2v) is 12.0. The average molecular weight is 483 g/mol. The van der Waals surface area contributed by atoms with Crippen LogP contribution in [0.2, 0.25) is 0 Å². The average Bonchev–Trinajstić information content (AvgIpc) is 3.00. The predicted octanol–water partition coefficient (Wildman–Crippen LogP) is 5.91. The Morgan fingerprint density at radius 1 is 0.694 bits per heavy atom. The summed E-state index contributed by atoms with van der Waals surface area (Å²) in [6, 6.07) is 31.2. The number of hydrogen-bond acceptors (Lipinski definition) is 3. The molecule has 4 nitrogen and oxygen atoms in total. The molecular formula is C32H38N2O2. The Balaban J connectivity index is 1.65. The van der Waals surface area contributed by atoms with Gasteiger partial charge in [0.25, 0.3) is 5.91 Å². The lowest BCUT2D eigenvalue weighted by molar-refractivity contribution is -0.169. The van der Waals surface area contributed by atoms with Crippen LogP contribution in [0.3, 0.4) is 0 Å². The maximum absolute atomic E-state index is 14.6. The molecule has 1 spiro atoms. The number of amides is 1. The molecule has 2 aliphatic rings. The van der Waals surface area contributed by atoms with Gasteiger partial charge in [-0.3, -0.25) is 4.79 Å². The first-order valence-electron chi connectivity index (χ1n) is 13.0. The smallest absolute Gasteiger partial charge is 0.257 e. The second kappa shape index (κ2) is 9.17. The van der Waals surface area contributed by atoms with Crippen LogP contribution in [0.15, 0.2) is 91.0 Å². The third-order valence-electron chi connectivity index (χ3n) is 7.47. The Labute approximate surface area is 215 Å². The van der Waals surface area contributed by atoms with Gasteiger partial charge in [-0.15, -0.1) is 0 Å². The van der Waals surface area contributed by atoms with Gasteiger partial charge in [0, 0.05) is 43.3 Å². The van der Waals surface area contributed by atoms with E-state index in [1.165, 1.54) is 11.1 Å². The second-order valence-electron chi connectivity index (χ2n) is 12.0. The number of nitrogens with zero attached hydrogens (tertiary/aromatic N) is 1. The summed E-state index contributed by atoms with van der Waals surface area (Å²) in [6.45, 7) is 9.25. The molecule has 188 valence electrons. The minimum atomic E-state index is -0.878. The predicted molar refractivity (Wildman–Crippen MR) is 144 cm³/mol. The first-order valence-corrected chi connectivity index (χ1v) is 13.0. The largest absolute Gasteiger partial charge is 0.338 e. The Kier molecular flexibility index (Phi) is 6.30. The van der Waals surface area contributed by atoms with Crippen LogP contribution in [0.4, 0.5) is 0 Å². The summed E-state index contributed by atoms with van der Waals surface area (Å²) in [6.07, 6.45) is 2.55. The van der Waals surface area contributed by atoms with Gasteiger partial charge in [-0.1, -0.05) is 91.0 Å². The molecule has 3 aromatic rings. The molecule has 2 fully saturated rings. The molecule has 3 aromatic carbocycles. The molecule has 4 heteroatoms. The number of benzene rings is 3. The van der Waals surface area contributed by atoms with Gasteiger partial charge in [0.1, 0.15) is 0 Å². The number of carbonyl (C=O) groups is 1. The summed E-state index contributed by atoms with van der Waals surface area (Å²) >= 11 is 0. The van der Waals surface area contributed by atoms with E-state index in [1.807, 2.05) is 30.3 Å². The molecule has 0 aliphatic carbocycles. The lowest BCUT2D eigenvalue weighted by Crippen LogP contribution is -2.65. The van der Waals surface area contributed by atoms with Crippen LogP contribution in [0.1, 0.15) is 57.2 Å². The first-order chi connectivity index (χ1) is 17.1. The fourth-order valence-electron chi connectivity index (χ4n) is 6.75. The molecule has 1 amide bonds. The van der Waals surface area contributed by atoms with Crippen molar-refractivity contribution in [3.63, 3.8) is 0 Å². The highest BCUT2D eigenvalue weighted by atomic mass is 16.6. The molecule has 36 heavy (non-hydrogen) atoms. The zero-order valence-corrected chi connectivity index (χ0v) is 22.0. The van der Waals surface area contributed by atoms with Crippen molar-refractivity contribution in [2.24, 2.45) is 0 Å². The zero-order valence-electron chi connectivity index (χ0n) is 22.0. The molecule has 2 aliphatic heterocycles. The van der Waals surface area contributed by atoms with Crippen molar-refractivity contribution in [3.8, 4) is 0 Å². The standard InChI is InChI=1S/C32H38N2O2/c1-29(2)23-31(24-30(3,4)33-29)28(35)34(22-27-18-12-7-13-19-27)32(36-31,20-25-14-8-5-9-15-25)21-26-16-10-6-11-17-26/h5-19,33H,20-24H2,1-4H3. The van der Waals surface area contributed by atoms with Crippen molar-refractivity contribution in [2.45, 2.75) is 82.3 Å². The van der Waals surface area contributed by atoms with Crippen molar-refractivity contribution in [1.82, 2.24) is 10.2 Å². The molecule has 5 rings (SSSR count). The minimum absolute atomic E-state index is 0.112. The van der Waals surface area contributed by atoms with Gasteiger partial charge in [0.15, 0.2) is 11.3 Å². The Hall–Kier alpha value is -2.95. The maximum Gasteiger partial charge on any atom is 0.257 e. The molecule has 0 aromatic heterocycles. The number of piperidine rings is 1. The lowest BCUT2D eigenvalue weighted by Gasteiger charge is -2.50. The topological polar surface area (TPSA) is 41.6 Å². The van der Waals surface area contributed by atoms with E-state index in [0.29, 0.717) is 32.2 Å². The van der Waals surface area contributed by atoms with Crippen LogP contribution in [0.25, 0.3) is 0 Å². The zero-order chi connectivity index (χ0) is 25.4. The minimum Gasteiger partial charge on any atom is -0.338 e. The molecule has 0 saturated carbocycles. The normalized spacial score (nSPS) is 21.6. The van der Waals surface area contributed by atoms with Crippen LogP contribution >= 0.6 is 0 Å². The van der Waals surface area contributed by atoms with Gasteiger partial charge >= 0.3 is 0 Å². The van der Waals surface area contributed by atoms with Crippen LogP contribution in [-0.2, 0) is 28.9 Å². The Bertz CT molecular complexity index is 1130. The van der Waals surface area contributed by atoms with Gasteiger partial charge in [-0.2, -0.15) is 0 Å². The van der Waals surface area contributed by atoms with Crippen molar-refractivity contribution in [2.75, 3.05) is 0 Å². The third-order valence-corrected chi connectivity index (χ3v) is 7.47. The lowest BCUT2D eigenvalue weighted by atomic mass is 9.72. The highest BCUT2D eigenvalue weighted by molar-refractivity contribution is 5.88. The van der Waals surface area contributed by atoms with Crippen molar-refractivity contribution < 1.29 is 9.53 Å². The number of hydrogen-bond donors (Lipinski definition) is 1. The van der Waals surface area contributed by atoms with Crippen molar-refractivity contribution in [1.29, 1.82) is 0 Å². The van der Waals surface area contributed by atoms with Gasteiger partial charge in [-0.05, 0) is 44.4 Å². The molecule has 0 unspecified atom stereocenters. The van der Waals surface area contributed by atoms with E-state index >= 15 is 0 Å². The van der Waals surface area contributed by atoms with Crippen LogP contribution in [0.5, 0.6) is 0 Å². The number of ether oxygens (including phenoxy) is 1. The number of nitrogens with one attached hydrogen (secondary N) is 1. The van der Waals surface area contributed by atoms with Gasteiger partial charge in [0.05, 0.1) is 0 Å². The molecule has 0 radical (unpaired) electrons. The number of carbonyl (C=O) groups excluding carboxylic acids is 1. The molecule has 2 heterocycles. The summed E-state index contributed by atoms with van der Waals surface area (Å²) in [5, 5.41) is 3.74. The van der Waals surface area contributed by atoms with E-state index in [1.54, 1.807) is 0 Å². The summed E-state index contributed by atoms with van der Waals surface area (Å²) < 4.78 is 7.29. The summed E-state index contributed by atoms with van der Waals surface area (Å²) in [4.78, 5) is 16.7. The molecule has 0 bridgehead atoms. The fourth-order valence-corrected chi connectivity index (χ4v) is 6.75. The monoisotopic (exact) mass is 482 g/mol. The first kappa shape index (κ1) is 24.7.